The van der Waals surface area contributed by atoms with Crippen molar-refractivity contribution >= 4 is 0 Å². The lowest BCUT2D eigenvalue weighted by atomic mass is 10.0. The Morgan fingerprint density at radius 3 is 1.65 bits per heavy atom. The number of pyridine rings is 1. The van der Waals surface area contributed by atoms with Gasteiger partial charge in [0.25, 0.3) is 0 Å². The maximum Gasteiger partial charge on any atom is 0.168 e. The second-order valence-corrected chi connectivity index (χ2v) is 7.61. The van der Waals surface area contributed by atoms with Gasteiger partial charge in [-0.1, -0.05) is 95.0 Å². The normalized spacial score (nSPS) is 11.0. The van der Waals surface area contributed by atoms with Crippen LogP contribution in [0.5, 0.6) is 0 Å². The van der Waals surface area contributed by atoms with Crippen molar-refractivity contribution in [2.24, 2.45) is 0 Å². The average Bonchev–Trinajstić information content (AvgIpc) is 2.69. The lowest BCUT2D eigenvalue weighted by Crippen LogP contribution is -2.33. The summed E-state index contributed by atoms with van der Waals surface area (Å²) in [7, 11) is 0. The molecular weight excluding hydrogens is 314 g/mol. The predicted molar refractivity (Wildman–Crippen MR) is 112 cm³/mol. The Morgan fingerprint density at radius 1 is 0.577 bits per heavy atom. The molecule has 0 aliphatic heterocycles. The van der Waals surface area contributed by atoms with Crippen LogP contribution in [0, 0.1) is 0 Å². The fourth-order valence-electron chi connectivity index (χ4n) is 3.53. The van der Waals surface area contributed by atoms with Gasteiger partial charge in [-0.2, -0.15) is 0 Å². The van der Waals surface area contributed by atoms with E-state index in [1.54, 1.807) is 0 Å². The molecule has 0 N–H and O–H groups in total. The van der Waals surface area contributed by atoms with Gasteiger partial charge >= 0.3 is 0 Å². The predicted octanol–water partition coefficient (Wildman–Crippen LogP) is 6.68. The average molecular weight is 353 g/mol. The van der Waals surface area contributed by atoms with Gasteiger partial charge in [0.05, 0.1) is 0 Å². The van der Waals surface area contributed by atoms with Crippen molar-refractivity contribution in [1.29, 1.82) is 0 Å². The first kappa shape index (κ1) is 20.7. The van der Waals surface area contributed by atoms with Gasteiger partial charge in [0.1, 0.15) is 0 Å². The summed E-state index contributed by atoms with van der Waals surface area (Å²) in [6, 6.07) is 15.5. The molecule has 2 aromatic rings. The first-order chi connectivity index (χ1) is 12.9. The molecule has 0 atom stereocenters. The Morgan fingerprint density at radius 2 is 1.08 bits per heavy atom. The van der Waals surface area contributed by atoms with Crippen molar-refractivity contribution < 1.29 is 4.57 Å². The standard InChI is InChI=1S/C25H38N/c1-2-3-4-5-6-7-8-9-10-12-15-24-16-18-25(19-17-24)20-23-26-21-13-11-14-22-26/h11,13-14,16-19,21-22H,2-10,12,15,20,23H2,1H3/q+1. The topological polar surface area (TPSA) is 3.88 Å². The number of aryl methyl sites for hydroxylation is 3. The van der Waals surface area contributed by atoms with Crippen molar-refractivity contribution in [2.75, 3.05) is 0 Å². The molecule has 0 saturated carbocycles. The van der Waals surface area contributed by atoms with Crippen LogP contribution in [0.4, 0.5) is 0 Å². The molecule has 142 valence electrons. The maximum atomic E-state index is 2.33. The van der Waals surface area contributed by atoms with Crippen molar-refractivity contribution in [1.82, 2.24) is 0 Å². The van der Waals surface area contributed by atoms with Crippen LogP contribution in [0.3, 0.4) is 0 Å². The molecule has 26 heavy (non-hydrogen) atoms. The highest BCUT2D eigenvalue weighted by molar-refractivity contribution is 5.22. The van der Waals surface area contributed by atoms with Crippen molar-refractivity contribution in [3.63, 3.8) is 0 Å². The summed E-state index contributed by atoms with van der Waals surface area (Å²) in [5, 5.41) is 0. The zero-order chi connectivity index (χ0) is 18.3. The van der Waals surface area contributed by atoms with Crippen molar-refractivity contribution in [2.45, 2.75) is 90.5 Å². The minimum absolute atomic E-state index is 1.05. The molecule has 1 nitrogen and oxygen atoms in total. The summed E-state index contributed by atoms with van der Waals surface area (Å²) >= 11 is 0. The van der Waals surface area contributed by atoms with E-state index in [4.69, 9.17) is 0 Å². The van der Waals surface area contributed by atoms with Crippen molar-refractivity contribution in [3.8, 4) is 0 Å². The van der Waals surface area contributed by atoms with E-state index in [-0.39, 0.29) is 0 Å². The number of unbranched alkanes of at least 4 members (excludes halogenated alkanes) is 9. The number of hydrogen-bond donors (Lipinski definition) is 0. The highest BCUT2D eigenvalue weighted by Crippen LogP contribution is 2.13. The molecule has 1 heterocycles. The van der Waals surface area contributed by atoms with Crippen LogP contribution in [0.15, 0.2) is 54.9 Å². The third kappa shape index (κ3) is 9.17. The Labute approximate surface area is 161 Å². The Kier molecular flexibility index (Phi) is 10.8. The van der Waals surface area contributed by atoms with Crippen LogP contribution >= 0.6 is 0 Å². The molecule has 0 spiro atoms. The summed E-state index contributed by atoms with van der Waals surface area (Å²) in [4.78, 5) is 0. The third-order valence-electron chi connectivity index (χ3n) is 5.28. The van der Waals surface area contributed by atoms with Gasteiger partial charge in [0.2, 0.25) is 0 Å². The molecule has 0 unspecified atom stereocenters. The monoisotopic (exact) mass is 352 g/mol. The van der Waals surface area contributed by atoms with E-state index >= 15 is 0 Å². The van der Waals surface area contributed by atoms with E-state index in [1.165, 1.54) is 81.8 Å². The summed E-state index contributed by atoms with van der Waals surface area (Å²) < 4.78 is 2.25. The number of nitrogens with zero attached hydrogens (tertiary/aromatic N) is 1. The molecular formula is C25H38N+. The van der Waals surface area contributed by atoms with Gasteiger partial charge in [0.15, 0.2) is 18.9 Å². The SMILES string of the molecule is CCCCCCCCCCCCc1ccc(CC[n+]2ccccc2)cc1. The zero-order valence-corrected chi connectivity index (χ0v) is 16.8. The van der Waals surface area contributed by atoms with E-state index < -0.39 is 0 Å². The molecule has 0 fully saturated rings. The minimum atomic E-state index is 1.05. The van der Waals surface area contributed by atoms with Gasteiger partial charge in [-0.15, -0.1) is 0 Å². The lowest BCUT2D eigenvalue weighted by molar-refractivity contribution is -0.696. The highest BCUT2D eigenvalue weighted by atomic mass is 14.9. The van der Waals surface area contributed by atoms with Crippen LogP contribution in [-0.4, -0.2) is 0 Å². The Balaban J connectivity index is 1.51. The van der Waals surface area contributed by atoms with E-state index in [0.29, 0.717) is 0 Å². The fourth-order valence-corrected chi connectivity index (χ4v) is 3.53. The van der Waals surface area contributed by atoms with Crippen LogP contribution in [0.2, 0.25) is 0 Å². The maximum absolute atomic E-state index is 2.33. The highest BCUT2D eigenvalue weighted by Gasteiger charge is 2.01. The minimum Gasteiger partial charge on any atom is -0.205 e. The van der Waals surface area contributed by atoms with Gasteiger partial charge in [-0.05, 0) is 24.0 Å². The first-order valence-electron chi connectivity index (χ1n) is 10.9. The van der Waals surface area contributed by atoms with Crippen LogP contribution in [-0.2, 0) is 19.4 Å². The Hall–Kier alpha value is -1.63. The summed E-state index contributed by atoms with van der Waals surface area (Å²) in [5.74, 6) is 0. The van der Waals surface area contributed by atoms with E-state index in [2.05, 4.69) is 66.3 Å². The van der Waals surface area contributed by atoms with E-state index in [0.717, 1.165) is 13.0 Å². The molecule has 0 saturated heterocycles. The van der Waals surface area contributed by atoms with Crippen LogP contribution in [0.25, 0.3) is 0 Å². The van der Waals surface area contributed by atoms with E-state index in [1.807, 2.05) is 0 Å². The Bertz CT molecular complexity index is 558. The summed E-state index contributed by atoms with van der Waals surface area (Å²) in [6.07, 6.45) is 20.8. The van der Waals surface area contributed by atoms with Gasteiger partial charge in [-0.25, -0.2) is 4.57 Å². The number of rotatable bonds is 14. The smallest absolute Gasteiger partial charge is 0.168 e. The third-order valence-corrected chi connectivity index (χ3v) is 5.28. The van der Waals surface area contributed by atoms with Gasteiger partial charge < -0.3 is 0 Å². The lowest BCUT2D eigenvalue weighted by Gasteiger charge is -2.04. The quantitative estimate of drug-likeness (QED) is 0.264. The first-order valence-corrected chi connectivity index (χ1v) is 10.9. The summed E-state index contributed by atoms with van der Waals surface area (Å²) in [5.41, 5.74) is 2.94. The number of aromatic nitrogens is 1. The molecule has 0 aliphatic carbocycles. The second-order valence-electron chi connectivity index (χ2n) is 7.61. The molecule has 0 amide bonds. The van der Waals surface area contributed by atoms with Gasteiger partial charge in [0, 0.05) is 18.6 Å². The number of hydrogen-bond acceptors (Lipinski definition) is 0. The molecule has 0 bridgehead atoms. The number of benzene rings is 1. The molecule has 1 aromatic heterocycles. The largest absolute Gasteiger partial charge is 0.205 e. The summed E-state index contributed by atoms with van der Waals surface area (Å²) in [6.45, 7) is 3.34. The molecule has 1 aromatic carbocycles. The van der Waals surface area contributed by atoms with Crippen LogP contribution < -0.4 is 4.57 Å². The molecule has 1 heteroatoms. The van der Waals surface area contributed by atoms with Gasteiger partial charge in [-0.3, -0.25) is 0 Å². The second kappa shape index (κ2) is 13.6. The molecule has 0 aliphatic rings. The van der Waals surface area contributed by atoms with E-state index in [9.17, 15) is 0 Å². The molecule has 0 radical (unpaired) electrons. The fraction of sp³-hybridized carbons (Fsp3) is 0.560. The molecule has 2 rings (SSSR count). The van der Waals surface area contributed by atoms with Crippen LogP contribution in [0.1, 0.15) is 82.3 Å². The van der Waals surface area contributed by atoms with Crippen molar-refractivity contribution in [3.05, 3.63) is 66.0 Å². The zero-order valence-electron chi connectivity index (χ0n) is 16.8.